The van der Waals surface area contributed by atoms with E-state index in [1.165, 1.54) is 210 Å². The Kier molecular flexibility index (Phi) is 35.8. The third kappa shape index (κ3) is 29.8. The van der Waals surface area contributed by atoms with Crippen LogP contribution in [-0.2, 0) is 0 Å². The predicted molar refractivity (Wildman–Crippen MR) is 325 cm³/mol. The van der Waals surface area contributed by atoms with Crippen LogP contribution in [0.4, 0.5) is 0 Å². The van der Waals surface area contributed by atoms with Gasteiger partial charge in [-0.2, -0.15) is 0 Å². The fraction of sp³-hybridized carbons (Fsp3) is 0.588. The topological polar surface area (TPSA) is 145 Å². The largest absolute Gasteiger partial charge is 0.507 e. The second-order valence-electron chi connectivity index (χ2n) is 21.3. The number of nitrogens with zero attached hydrogens (tertiary/aromatic N) is 2. The Morgan fingerprint density at radius 3 is 1.11 bits per heavy atom. The first-order chi connectivity index (χ1) is 38.8. The Morgan fingerprint density at radius 1 is 0.367 bits per heavy atom. The van der Waals surface area contributed by atoms with E-state index in [0.29, 0.717) is 59.3 Å². The van der Waals surface area contributed by atoms with Crippen molar-refractivity contribution in [3.63, 3.8) is 0 Å². The number of ether oxygens (including phenoxy) is 5. The molecule has 0 aliphatic heterocycles. The number of carbonyl (C=O) groups excluding carboxylic acids is 2. The summed E-state index contributed by atoms with van der Waals surface area (Å²) in [5.74, 6) is 1.24. The molecule has 0 heterocycles. The fourth-order valence-corrected chi connectivity index (χ4v) is 9.40. The predicted octanol–water partition coefficient (Wildman–Crippen LogP) is 18.8. The van der Waals surface area contributed by atoms with E-state index in [9.17, 15) is 19.8 Å². The van der Waals surface area contributed by atoms with Crippen LogP contribution in [0.5, 0.6) is 40.2 Å². The molecule has 2 N–H and O–H groups in total. The first-order valence-corrected chi connectivity index (χ1v) is 31.0. The van der Waals surface area contributed by atoms with Crippen molar-refractivity contribution in [3.05, 3.63) is 101 Å². The SMILES string of the molecule is CCCCCCCCCCCCCCCCOc1ccc(C(=O)Oc2ccc(O)c(C=NCCN=Cc3cc(OC(=O)c4ccc(OCCCCCC)cc4)ccc3O)c2)cc1OCCCCCCCCCCCCCCCC. The zero-order valence-electron chi connectivity index (χ0n) is 49.0. The van der Waals surface area contributed by atoms with Crippen LogP contribution in [0.15, 0.2) is 88.8 Å². The van der Waals surface area contributed by atoms with Crippen LogP contribution < -0.4 is 23.7 Å². The summed E-state index contributed by atoms with van der Waals surface area (Å²) in [5.41, 5.74) is 1.45. The van der Waals surface area contributed by atoms with Crippen LogP contribution in [0.3, 0.4) is 0 Å². The van der Waals surface area contributed by atoms with Gasteiger partial charge in [-0.25, -0.2) is 9.59 Å². The van der Waals surface area contributed by atoms with Crippen LogP contribution in [0.1, 0.15) is 258 Å². The number of benzene rings is 4. The zero-order valence-corrected chi connectivity index (χ0v) is 49.0. The molecule has 11 nitrogen and oxygen atoms in total. The number of carbonyl (C=O) groups is 2. The molecule has 4 rings (SSSR count). The van der Waals surface area contributed by atoms with E-state index in [4.69, 9.17) is 23.7 Å². The molecule has 0 radical (unpaired) electrons. The van der Waals surface area contributed by atoms with Gasteiger partial charge >= 0.3 is 11.9 Å². The van der Waals surface area contributed by atoms with Gasteiger partial charge in [0.25, 0.3) is 0 Å². The highest BCUT2D eigenvalue weighted by atomic mass is 16.5. The summed E-state index contributed by atoms with van der Waals surface area (Å²) in [4.78, 5) is 35.3. The zero-order chi connectivity index (χ0) is 56.2. The normalized spacial score (nSPS) is 11.4. The first kappa shape index (κ1) is 65.7. The van der Waals surface area contributed by atoms with Crippen molar-refractivity contribution in [3.8, 4) is 40.2 Å². The second kappa shape index (κ2) is 43.0. The molecule has 0 aliphatic carbocycles. The Bertz CT molecular complexity index is 2290. The highest BCUT2D eigenvalue weighted by Crippen LogP contribution is 2.31. The Labute approximate surface area is 476 Å². The van der Waals surface area contributed by atoms with Gasteiger partial charge in [-0.05, 0) is 98.1 Å². The van der Waals surface area contributed by atoms with E-state index < -0.39 is 11.9 Å². The van der Waals surface area contributed by atoms with Gasteiger partial charge in [-0.1, -0.05) is 207 Å². The lowest BCUT2D eigenvalue weighted by Crippen LogP contribution is -2.10. The number of phenols is 2. The monoisotopic (exact) mass is 1090 g/mol. The Hall–Kier alpha value is -5.84. The lowest BCUT2D eigenvalue weighted by Gasteiger charge is -2.14. The Morgan fingerprint density at radius 2 is 0.696 bits per heavy atom. The van der Waals surface area contributed by atoms with E-state index in [1.807, 2.05) is 0 Å². The van der Waals surface area contributed by atoms with Crippen molar-refractivity contribution in [2.24, 2.45) is 9.98 Å². The lowest BCUT2D eigenvalue weighted by molar-refractivity contribution is 0.0724. The second-order valence-corrected chi connectivity index (χ2v) is 21.3. The molecular formula is C68H100N2O9. The molecule has 0 aromatic heterocycles. The third-order valence-corrected chi connectivity index (χ3v) is 14.3. The summed E-state index contributed by atoms with van der Waals surface area (Å²) >= 11 is 0. The minimum absolute atomic E-state index is 0.0209. The maximum absolute atomic E-state index is 13.6. The maximum atomic E-state index is 13.6. The molecule has 0 amide bonds. The van der Waals surface area contributed by atoms with Gasteiger partial charge in [-0.15, -0.1) is 0 Å². The van der Waals surface area contributed by atoms with Crippen molar-refractivity contribution >= 4 is 24.4 Å². The number of phenolic OH excluding ortho intramolecular Hbond substituents is 2. The number of aliphatic imine (C=N–C) groups is 2. The number of esters is 2. The van der Waals surface area contributed by atoms with Gasteiger partial charge in [0.05, 0.1) is 44.0 Å². The summed E-state index contributed by atoms with van der Waals surface area (Å²) < 4.78 is 29.8. The lowest BCUT2D eigenvalue weighted by atomic mass is 10.0. The van der Waals surface area contributed by atoms with Gasteiger partial charge in [0, 0.05) is 23.6 Å². The van der Waals surface area contributed by atoms with Crippen LogP contribution in [0.2, 0.25) is 0 Å². The number of aromatic hydroxyl groups is 2. The van der Waals surface area contributed by atoms with Gasteiger partial charge < -0.3 is 33.9 Å². The quantitative estimate of drug-likeness (QED) is 0.0191. The van der Waals surface area contributed by atoms with Crippen molar-refractivity contribution in [2.75, 3.05) is 32.9 Å². The molecule has 0 aliphatic rings. The molecule has 0 bridgehead atoms. The number of unbranched alkanes of at least 4 members (excludes halogenated alkanes) is 29. The molecule has 11 heteroatoms. The molecule has 0 unspecified atom stereocenters. The van der Waals surface area contributed by atoms with Gasteiger partial charge in [0.15, 0.2) is 11.5 Å². The molecule has 0 spiro atoms. The minimum Gasteiger partial charge on any atom is -0.507 e. The molecule has 0 saturated carbocycles. The molecule has 79 heavy (non-hydrogen) atoms. The standard InChI is InChI=1S/C68H100N2O9/c1-4-7-10-13-15-17-19-21-23-25-27-29-31-34-49-76-65-45-38-57(53-66(65)77-50-35-32-30-28-26-24-22-20-18-16-14-11-8-5-2)68(74)79-62-42-44-64(72)59(52-62)55-70-47-46-69-54-58-51-61(41-43-63(58)71)78-67(73)56-36-39-60(40-37-56)75-48-33-12-9-6-3/h36-45,51-55,71-72H,4-35,46-50H2,1-3H3. The first-order valence-electron chi connectivity index (χ1n) is 31.0. The minimum atomic E-state index is -0.558. The van der Waals surface area contributed by atoms with E-state index in [1.54, 1.807) is 48.5 Å². The highest BCUT2D eigenvalue weighted by molar-refractivity contribution is 5.93. The highest BCUT2D eigenvalue weighted by Gasteiger charge is 2.16. The van der Waals surface area contributed by atoms with Crippen molar-refractivity contribution in [1.29, 1.82) is 0 Å². The van der Waals surface area contributed by atoms with Crippen LogP contribution >= 0.6 is 0 Å². The summed E-state index contributed by atoms with van der Waals surface area (Å²) in [7, 11) is 0. The average molecular weight is 1090 g/mol. The number of hydrogen-bond donors (Lipinski definition) is 2. The molecule has 4 aromatic rings. The van der Waals surface area contributed by atoms with E-state index >= 15 is 0 Å². The smallest absolute Gasteiger partial charge is 0.343 e. The molecule has 4 aromatic carbocycles. The van der Waals surface area contributed by atoms with E-state index in [2.05, 4.69) is 30.8 Å². The summed E-state index contributed by atoms with van der Waals surface area (Å²) in [6, 6.07) is 21.1. The maximum Gasteiger partial charge on any atom is 0.343 e. The van der Waals surface area contributed by atoms with Crippen molar-refractivity contribution in [2.45, 2.75) is 226 Å². The Balaban J connectivity index is 1.23. The third-order valence-electron chi connectivity index (χ3n) is 14.3. The summed E-state index contributed by atoms with van der Waals surface area (Å²) in [5, 5.41) is 21.1. The van der Waals surface area contributed by atoms with Gasteiger partial charge in [0.1, 0.15) is 28.7 Å². The number of rotatable bonds is 47. The molecule has 0 fully saturated rings. The van der Waals surface area contributed by atoms with Crippen LogP contribution in [0, 0.1) is 0 Å². The van der Waals surface area contributed by atoms with Crippen molar-refractivity contribution < 1.29 is 43.5 Å². The van der Waals surface area contributed by atoms with Crippen LogP contribution in [-0.4, -0.2) is 67.5 Å². The number of hydrogen-bond acceptors (Lipinski definition) is 11. The fourth-order valence-electron chi connectivity index (χ4n) is 9.40. The molecule has 436 valence electrons. The van der Waals surface area contributed by atoms with Gasteiger partial charge in [-0.3, -0.25) is 9.98 Å². The molecular weight excluding hydrogens is 989 g/mol. The van der Waals surface area contributed by atoms with Crippen molar-refractivity contribution in [1.82, 2.24) is 0 Å². The molecule has 0 atom stereocenters. The van der Waals surface area contributed by atoms with E-state index in [0.717, 1.165) is 38.5 Å². The van der Waals surface area contributed by atoms with E-state index in [-0.39, 0.29) is 36.1 Å². The summed E-state index contributed by atoms with van der Waals surface area (Å²) in [6.45, 7) is 9.01. The average Bonchev–Trinajstić information content (AvgIpc) is 3.47. The van der Waals surface area contributed by atoms with Gasteiger partial charge in [0.2, 0.25) is 0 Å². The van der Waals surface area contributed by atoms with Crippen LogP contribution in [0.25, 0.3) is 0 Å². The summed E-state index contributed by atoms with van der Waals surface area (Å²) in [6.07, 6.45) is 43.7. The molecule has 0 saturated heterocycles.